The molecule has 736 valence electrons. The number of amides is 7. The van der Waals surface area contributed by atoms with E-state index >= 15 is 0 Å². The smallest absolute Gasteiger partial charge is 0.410 e. The summed E-state index contributed by atoms with van der Waals surface area (Å²) >= 11 is 0. The Morgan fingerprint density at radius 3 is 1.46 bits per heavy atom. The number of nitrogens with one attached hydrogen (secondary N) is 6. The van der Waals surface area contributed by atoms with Crippen LogP contribution in [-0.2, 0) is 116 Å². The van der Waals surface area contributed by atoms with Crippen LogP contribution in [0, 0.1) is 70.5 Å². The summed E-state index contributed by atoms with van der Waals surface area (Å²) in [5.74, 6) is 0.864. The van der Waals surface area contributed by atoms with E-state index in [0.717, 1.165) is 98.5 Å². The number of rotatable bonds is 58. The van der Waals surface area contributed by atoms with Gasteiger partial charge in [-0.2, -0.15) is 0 Å². The monoisotopic (exact) mass is 1830 g/mol. The third-order valence-corrected chi connectivity index (χ3v) is 27.7. The van der Waals surface area contributed by atoms with E-state index in [1.807, 2.05) is 30.3 Å². The molecule has 6 N–H and O–H groups in total. The first-order valence-corrected chi connectivity index (χ1v) is 49.3. The molecule has 0 radical (unpaired) electrons. The van der Waals surface area contributed by atoms with Crippen molar-refractivity contribution in [1.82, 2.24) is 36.8 Å². The maximum absolute atomic E-state index is 14.1. The molecule has 4 aliphatic carbocycles. The number of benzene rings is 1. The molecule has 1 aromatic rings. The van der Waals surface area contributed by atoms with Crippen molar-refractivity contribution in [3.8, 4) is 0 Å². The van der Waals surface area contributed by atoms with Crippen LogP contribution in [0.4, 0.5) is 4.79 Å². The Morgan fingerprint density at radius 2 is 0.946 bits per heavy atom. The SMILES string of the molecule is CC(=O)NC1C(OCCCCC(=O)NCCCNC(=O)CCOCC2CN(C(=O)OCc3ccccc3)CC(COCCCCCCCCCCO[C@@H]3C=C4CC[C@H]5[C@@H]6CC[C@H]([C@H](C)CCCC(C)C)[C@H]6CC[C@@H]5[C@@]4(C)CC3)C2OCCC(=O)NCCCNC(=O)CCCCOC2OC(COC(C)=O)C(OC(C)=O)C(C)C2NC(C)=O)OC(COC(C)=O)C(OC(C)=O)C1C. The van der Waals surface area contributed by atoms with Gasteiger partial charge in [0, 0.05) is 157 Å². The fraction of sp³-hybridized carbons (Fsp3) is 0.808. The molecule has 130 heavy (non-hydrogen) atoms. The van der Waals surface area contributed by atoms with Gasteiger partial charge < -0.3 is 98.4 Å². The number of ether oxygens (including phenoxy) is 13. The van der Waals surface area contributed by atoms with Crippen molar-refractivity contribution in [2.75, 3.05) is 105 Å². The predicted molar refractivity (Wildman–Crippen MR) is 487 cm³/mol. The zero-order chi connectivity index (χ0) is 93.9. The van der Waals surface area contributed by atoms with Gasteiger partial charge in [0.15, 0.2) is 12.6 Å². The molecule has 1 aromatic carbocycles. The summed E-state index contributed by atoms with van der Waals surface area (Å²) in [7, 11) is 0. The fourth-order valence-electron chi connectivity index (χ4n) is 21.0. The number of hydrogen-bond donors (Lipinski definition) is 6. The number of hydrogen-bond acceptors (Lipinski definition) is 24. The molecule has 21 atom stereocenters. The number of unbranched alkanes of at least 4 members (excludes halogenated alkanes) is 9. The highest BCUT2D eigenvalue weighted by molar-refractivity contribution is 5.78. The van der Waals surface area contributed by atoms with Crippen molar-refractivity contribution in [2.24, 2.45) is 70.5 Å². The van der Waals surface area contributed by atoms with Crippen LogP contribution in [0.5, 0.6) is 0 Å². The van der Waals surface area contributed by atoms with Crippen LogP contribution < -0.4 is 31.9 Å². The second kappa shape index (κ2) is 58.0. The number of carbonyl (C=O) groups is 11. The predicted octanol–water partition coefficient (Wildman–Crippen LogP) is 12.6. The van der Waals surface area contributed by atoms with Crippen LogP contribution in [0.25, 0.3) is 0 Å². The lowest BCUT2D eigenvalue weighted by atomic mass is 9.49. The molecular formula is C99H161N7O24. The summed E-state index contributed by atoms with van der Waals surface area (Å²) < 4.78 is 77.8. The highest BCUT2D eigenvalue weighted by Gasteiger charge is 2.56. The lowest BCUT2D eigenvalue weighted by molar-refractivity contribution is -0.262. The summed E-state index contributed by atoms with van der Waals surface area (Å²) in [6.07, 6.45) is 23.7. The number of likely N-dealkylation sites (tertiary alicyclic amines) is 1. The van der Waals surface area contributed by atoms with Gasteiger partial charge in [-0.15, -0.1) is 0 Å². The largest absolute Gasteiger partial charge is 0.463 e. The number of piperidine rings is 1. The number of esters is 4. The summed E-state index contributed by atoms with van der Waals surface area (Å²) in [4.78, 5) is 140. The molecule has 13 unspecified atom stereocenters. The zero-order valence-corrected chi connectivity index (χ0v) is 80.4. The molecule has 3 aliphatic heterocycles. The molecule has 0 bridgehead atoms. The Labute approximate surface area is 773 Å². The van der Waals surface area contributed by atoms with Gasteiger partial charge in [-0.1, -0.05) is 141 Å². The summed E-state index contributed by atoms with van der Waals surface area (Å²) in [6, 6.07) is 8.08. The van der Waals surface area contributed by atoms with Gasteiger partial charge in [0.05, 0.1) is 50.7 Å². The van der Waals surface area contributed by atoms with Crippen LogP contribution in [0.3, 0.4) is 0 Å². The van der Waals surface area contributed by atoms with Crippen molar-refractivity contribution < 1.29 is 114 Å². The van der Waals surface area contributed by atoms with Crippen LogP contribution in [-0.4, -0.2) is 237 Å². The minimum Gasteiger partial charge on any atom is -0.463 e. The first-order valence-electron chi connectivity index (χ1n) is 49.3. The van der Waals surface area contributed by atoms with Gasteiger partial charge in [-0.3, -0.25) is 47.9 Å². The van der Waals surface area contributed by atoms with E-state index in [2.05, 4.69) is 65.7 Å². The van der Waals surface area contributed by atoms with E-state index in [4.69, 9.17) is 61.6 Å². The maximum atomic E-state index is 14.1. The van der Waals surface area contributed by atoms with Crippen LogP contribution >= 0.6 is 0 Å². The van der Waals surface area contributed by atoms with E-state index in [1.54, 1.807) is 24.3 Å². The van der Waals surface area contributed by atoms with Crippen molar-refractivity contribution in [3.63, 3.8) is 0 Å². The average Bonchev–Trinajstić information content (AvgIpc) is 1.37. The van der Waals surface area contributed by atoms with Gasteiger partial charge in [0.1, 0.15) is 44.2 Å². The quantitative estimate of drug-likeness (QED) is 0.0153. The first kappa shape index (κ1) is 108. The number of allylic oxidation sites excluding steroid dienone is 1. The minimum absolute atomic E-state index is 0.0304. The standard InChI is InChI=1S/C99H161N7O24/c1-65(2)31-28-32-66(3)80-39-40-82-81(80)41-42-84-83(82)38-37-78-57-79(43-46-99(78,84)12)120-52-25-18-16-14-13-15-17-24-51-118-61-76-58-106(98(117)126-60-75-33-20-19-21-34-75)59-77(62-119-55-44-89(115)102-49-29-47-100-87(113)35-22-26-53-122-96-91(104-69(6)107)67(4)93(127-73(10)111)85(129-96)63-124-71(8)109)95(76)121-56-45-90(116)103-50-30-48-101-88(114)36-23-27-54-123-97-92(105-70(7)108)68(5)94(128-74(11)112)86(130-97)64-125-72(9)110/h19-21,33-34,57,65-68,76-77,79-86,91-97H,13-18,22-32,35-56,58-64H2,1-12H3,(H,100,113)(H,101,114)(H,102,115)(H,103,116)(H,104,107)(H,105,108)/t66-,67?,68?,76?,77?,79+,80-,81-,82-,83+,84+,85?,86?,91?,92?,93?,94?,95?,96?,97?,99+/m1/s1. The Hall–Kier alpha value is -7.39. The van der Waals surface area contributed by atoms with Gasteiger partial charge in [-0.25, -0.2) is 4.79 Å². The minimum atomic E-state index is -0.953. The van der Waals surface area contributed by atoms with Crippen molar-refractivity contribution in [1.29, 1.82) is 0 Å². The van der Waals surface area contributed by atoms with E-state index in [0.29, 0.717) is 76.7 Å². The molecule has 0 aromatic heterocycles. The van der Waals surface area contributed by atoms with Crippen molar-refractivity contribution in [3.05, 3.63) is 47.5 Å². The summed E-state index contributed by atoms with van der Waals surface area (Å²) in [6.45, 7) is 24.8. The fourth-order valence-corrected chi connectivity index (χ4v) is 21.0. The van der Waals surface area contributed by atoms with Crippen LogP contribution in [0.2, 0.25) is 0 Å². The van der Waals surface area contributed by atoms with E-state index in [1.165, 1.54) is 119 Å². The topological polar surface area (TPSA) is 383 Å². The summed E-state index contributed by atoms with van der Waals surface area (Å²) in [5.41, 5.74) is 2.89. The molecule has 8 rings (SSSR count). The van der Waals surface area contributed by atoms with Gasteiger partial charge in [0.2, 0.25) is 35.4 Å². The normalized spacial score (nSPS) is 27.7. The lowest BCUT2D eigenvalue weighted by Crippen LogP contribution is -2.62. The van der Waals surface area contributed by atoms with Gasteiger partial charge in [0.25, 0.3) is 0 Å². The van der Waals surface area contributed by atoms with Crippen LogP contribution in [0.1, 0.15) is 275 Å². The van der Waals surface area contributed by atoms with Gasteiger partial charge >= 0.3 is 30.0 Å². The first-order chi connectivity index (χ1) is 62.5. The average molecular weight is 1830 g/mol. The zero-order valence-electron chi connectivity index (χ0n) is 80.4. The molecular weight excluding hydrogens is 1670 g/mol. The molecule has 3 saturated carbocycles. The molecule has 31 nitrogen and oxygen atoms in total. The second-order valence-electron chi connectivity index (χ2n) is 38.4. The Bertz CT molecular complexity index is 3650. The molecule has 31 heteroatoms. The summed E-state index contributed by atoms with van der Waals surface area (Å²) in [5, 5.41) is 17.3. The highest BCUT2D eigenvalue weighted by atomic mass is 16.7. The molecule has 7 amide bonds. The molecule has 3 heterocycles. The molecule has 0 spiro atoms. The molecule has 7 aliphatic rings. The Morgan fingerprint density at radius 1 is 0.462 bits per heavy atom. The Balaban J connectivity index is 0.762. The van der Waals surface area contributed by atoms with Gasteiger partial charge in [-0.05, 0) is 155 Å². The van der Waals surface area contributed by atoms with E-state index in [-0.39, 0.29) is 146 Å². The van der Waals surface area contributed by atoms with E-state index in [9.17, 15) is 52.7 Å². The second-order valence-corrected chi connectivity index (χ2v) is 38.4. The maximum Gasteiger partial charge on any atom is 0.410 e. The van der Waals surface area contributed by atoms with Crippen molar-refractivity contribution in [2.45, 2.75) is 337 Å². The van der Waals surface area contributed by atoms with E-state index < -0.39 is 103 Å². The number of fused-ring (bicyclic) bond motifs is 5. The third kappa shape index (κ3) is 37.1. The number of nitrogens with zero attached hydrogens (tertiary/aromatic N) is 1. The highest BCUT2D eigenvalue weighted by Crippen LogP contribution is 2.64. The van der Waals surface area contributed by atoms with Crippen molar-refractivity contribution >= 4 is 65.4 Å². The Kier molecular flexibility index (Phi) is 48.2. The lowest BCUT2D eigenvalue weighted by Gasteiger charge is -2.56. The molecule has 6 fully saturated rings. The van der Waals surface area contributed by atoms with Crippen LogP contribution in [0.15, 0.2) is 42.0 Å². The number of carbonyl (C=O) groups excluding carboxylic acids is 11. The molecule has 3 saturated heterocycles. The third-order valence-electron chi connectivity index (χ3n) is 27.7.